The van der Waals surface area contributed by atoms with Crippen molar-refractivity contribution in [3.05, 3.63) is 34.3 Å². The Morgan fingerprint density at radius 2 is 1.53 bits per heavy atom. The topological polar surface area (TPSA) is 52.0 Å². The van der Waals surface area contributed by atoms with Gasteiger partial charge in [-0.05, 0) is 57.7 Å². The highest BCUT2D eigenvalue weighted by Crippen LogP contribution is 2.23. The SMILES string of the molecule is CC(C)(N)Cc1ccc(CC(C)(C)N)c(Cl)c1. The molecule has 0 radical (unpaired) electrons. The first-order valence-electron chi connectivity index (χ1n) is 5.92. The predicted molar refractivity (Wildman–Crippen MR) is 75.4 cm³/mol. The van der Waals surface area contributed by atoms with E-state index in [0.29, 0.717) is 0 Å². The first-order chi connectivity index (χ1) is 7.57. The van der Waals surface area contributed by atoms with Gasteiger partial charge in [0.2, 0.25) is 0 Å². The van der Waals surface area contributed by atoms with Crippen LogP contribution in [0.3, 0.4) is 0 Å². The molecule has 17 heavy (non-hydrogen) atoms. The number of halogens is 1. The van der Waals surface area contributed by atoms with Crippen LogP contribution >= 0.6 is 11.6 Å². The van der Waals surface area contributed by atoms with Crippen LogP contribution in [0.2, 0.25) is 5.02 Å². The summed E-state index contributed by atoms with van der Waals surface area (Å²) in [6, 6.07) is 6.14. The molecule has 96 valence electrons. The molecule has 0 fully saturated rings. The lowest BCUT2D eigenvalue weighted by Crippen LogP contribution is -2.35. The van der Waals surface area contributed by atoms with Gasteiger partial charge in [0.25, 0.3) is 0 Å². The third kappa shape index (κ3) is 5.53. The summed E-state index contributed by atoms with van der Waals surface area (Å²) in [6.07, 6.45) is 1.59. The molecule has 1 aromatic carbocycles. The van der Waals surface area contributed by atoms with E-state index in [2.05, 4.69) is 12.1 Å². The molecule has 0 aliphatic rings. The summed E-state index contributed by atoms with van der Waals surface area (Å²) in [5, 5.41) is 0.783. The number of hydrogen-bond acceptors (Lipinski definition) is 2. The maximum atomic E-state index is 6.27. The van der Waals surface area contributed by atoms with Crippen molar-refractivity contribution in [2.75, 3.05) is 0 Å². The second-order valence-corrected chi connectivity index (χ2v) is 6.66. The molecule has 4 N–H and O–H groups in total. The van der Waals surface area contributed by atoms with Gasteiger partial charge in [-0.15, -0.1) is 0 Å². The normalized spacial score (nSPS) is 12.9. The molecule has 0 saturated carbocycles. The van der Waals surface area contributed by atoms with Gasteiger partial charge in [-0.1, -0.05) is 23.7 Å². The third-order valence-electron chi connectivity index (χ3n) is 2.42. The van der Waals surface area contributed by atoms with Gasteiger partial charge < -0.3 is 11.5 Å². The summed E-state index contributed by atoms with van der Waals surface area (Å²) in [5.41, 5.74) is 13.8. The molecular formula is C14H23ClN2. The number of benzene rings is 1. The average molecular weight is 255 g/mol. The highest BCUT2D eigenvalue weighted by molar-refractivity contribution is 6.31. The highest BCUT2D eigenvalue weighted by atomic mass is 35.5. The second kappa shape index (κ2) is 4.97. The monoisotopic (exact) mass is 254 g/mol. The molecule has 0 aliphatic heterocycles. The Hall–Kier alpha value is -0.570. The minimum Gasteiger partial charge on any atom is -0.325 e. The molecule has 0 bridgehead atoms. The van der Waals surface area contributed by atoms with Gasteiger partial charge in [0.05, 0.1) is 0 Å². The van der Waals surface area contributed by atoms with Crippen LogP contribution in [-0.2, 0) is 12.8 Å². The summed E-state index contributed by atoms with van der Waals surface area (Å²) in [6.45, 7) is 8.02. The lowest BCUT2D eigenvalue weighted by atomic mass is 9.92. The molecule has 1 rings (SSSR count). The van der Waals surface area contributed by atoms with Crippen molar-refractivity contribution in [1.82, 2.24) is 0 Å². The lowest BCUT2D eigenvalue weighted by molar-refractivity contribution is 0.512. The molecule has 0 atom stereocenters. The molecule has 3 heteroatoms. The first kappa shape index (κ1) is 14.5. The van der Waals surface area contributed by atoms with Gasteiger partial charge in [-0.2, -0.15) is 0 Å². The Kier molecular flexibility index (Phi) is 4.23. The van der Waals surface area contributed by atoms with Crippen LogP contribution in [-0.4, -0.2) is 11.1 Å². The summed E-state index contributed by atoms with van der Waals surface area (Å²) >= 11 is 6.27. The maximum absolute atomic E-state index is 6.27. The van der Waals surface area contributed by atoms with Crippen molar-refractivity contribution >= 4 is 11.6 Å². The van der Waals surface area contributed by atoms with E-state index < -0.39 is 0 Å². The fourth-order valence-corrected chi connectivity index (χ4v) is 2.13. The van der Waals surface area contributed by atoms with Gasteiger partial charge in [0.15, 0.2) is 0 Å². The van der Waals surface area contributed by atoms with Gasteiger partial charge in [-0.3, -0.25) is 0 Å². The average Bonchev–Trinajstić information content (AvgIpc) is 2.05. The van der Waals surface area contributed by atoms with Crippen LogP contribution in [0.5, 0.6) is 0 Å². The first-order valence-corrected chi connectivity index (χ1v) is 6.30. The van der Waals surface area contributed by atoms with E-state index in [1.807, 2.05) is 33.8 Å². The maximum Gasteiger partial charge on any atom is 0.0441 e. The Morgan fingerprint density at radius 1 is 1.00 bits per heavy atom. The molecule has 0 aliphatic carbocycles. The van der Waals surface area contributed by atoms with Crippen LogP contribution in [0.1, 0.15) is 38.8 Å². The number of nitrogens with two attached hydrogens (primary N) is 2. The van der Waals surface area contributed by atoms with Crippen molar-refractivity contribution in [2.45, 2.75) is 51.6 Å². The predicted octanol–water partition coefficient (Wildman–Crippen LogP) is 2.90. The molecule has 2 nitrogen and oxygen atoms in total. The van der Waals surface area contributed by atoms with E-state index in [0.717, 1.165) is 23.4 Å². The fourth-order valence-electron chi connectivity index (χ4n) is 1.86. The molecular weight excluding hydrogens is 232 g/mol. The van der Waals surface area contributed by atoms with Crippen molar-refractivity contribution in [3.63, 3.8) is 0 Å². The fraction of sp³-hybridized carbons (Fsp3) is 0.571. The Labute approximate surface area is 109 Å². The Balaban J connectivity index is 2.87. The zero-order valence-electron chi connectivity index (χ0n) is 11.2. The molecule has 0 spiro atoms. The second-order valence-electron chi connectivity index (χ2n) is 6.26. The molecule has 0 unspecified atom stereocenters. The number of hydrogen-bond donors (Lipinski definition) is 2. The smallest absolute Gasteiger partial charge is 0.0441 e. The third-order valence-corrected chi connectivity index (χ3v) is 2.78. The molecule has 1 aromatic rings. The molecule has 0 amide bonds. The van der Waals surface area contributed by atoms with E-state index in [1.54, 1.807) is 0 Å². The molecule has 0 heterocycles. The van der Waals surface area contributed by atoms with Crippen molar-refractivity contribution in [2.24, 2.45) is 11.5 Å². The van der Waals surface area contributed by atoms with Crippen LogP contribution in [0, 0.1) is 0 Å². The lowest BCUT2D eigenvalue weighted by Gasteiger charge is -2.21. The Morgan fingerprint density at radius 3 is 1.94 bits per heavy atom. The van der Waals surface area contributed by atoms with Gasteiger partial charge in [0, 0.05) is 16.1 Å². The van der Waals surface area contributed by atoms with Crippen LogP contribution in [0.25, 0.3) is 0 Å². The highest BCUT2D eigenvalue weighted by Gasteiger charge is 2.16. The molecule has 0 aromatic heterocycles. The summed E-state index contributed by atoms with van der Waals surface area (Å²) < 4.78 is 0. The minimum absolute atomic E-state index is 0.210. The van der Waals surface area contributed by atoms with Crippen LogP contribution < -0.4 is 11.5 Å². The van der Waals surface area contributed by atoms with E-state index in [1.165, 1.54) is 5.56 Å². The number of rotatable bonds is 4. The van der Waals surface area contributed by atoms with E-state index in [-0.39, 0.29) is 11.1 Å². The summed E-state index contributed by atoms with van der Waals surface area (Å²) in [4.78, 5) is 0. The van der Waals surface area contributed by atoms with Crippen molar-refractivity contribution in [3.8, 4) is 0 Å². The quantitative estimate of drug-likeness (QED) is 0.868. The van der Waals surface area contributed by atoms with Crippen LogP contribution in [0.4, 0.5) is 0 Å². The van der Waals surface area contributed by atoms with Crippen molar-refractivity contribution in [1.29, 1.82) is 0 Å². The van der Waals surface area contributed by atoms with Gasteiger partial charge >= 0.3 is 0 Å². The standard InChI is InChI=1S/C14H23ClN2/c1-13(2,16)8-10-5-6-11(12(15)7-10)9-14(3,4)17/h5-7H,8-9,16-17H2,1-4H3. The van der Waals surface area contributed by atoms with Crippen LogP contribution in [0.15, 0.2) is 18.2 Å². The molecule has 0 saturated heterocycles. The summed E-state index contributed by atoms with van der Waals surface area (Å²) in [7, 11) is 0. The Bertz CT molecular complexity index is 386. The zero-order chi connectivity index (χ0) is 13.3. The zero-order valence-corrected chi connectivity index (χ0v) is 11.9. The minimum atomic E-state index is -0.238. The largest absolute Gasteiger partial charge is 0.325 e. The van der Waals surface area contributed by atoms with Crippen molar-refractivity contribution < 1.29 is 0 Å². The van der Waals surface area contributed by atoms with Gasteiger partial charge in [0.1, 0.15) is 0 Å². The van der Waals surface area contributed by atoms with Gasteiger partial charge in [-0.25, -0.2) is 0 Å². The van der Waals surface area contributed by atoms with E-state index in [4.69, 9.17) is 23.1 Å². The summed E-state index contributed by atoms with van der Waals surface area (Å²) in [5.74, 6) is 0. The van der Waals surface area contributed by atoms with E-state index in [9.17, 15) is 0 Å². The van der Waals surface area contributed by atoms with E-state index >= 15 is 0 Å².